The Labute approximate surface area is 130 Å². The third-order valence-corrected chi connectivity index (χ3v) is 4.54. The van der Waals surface area contributed by atoms with Crippen LogP contribution in [0.15, 0.2) is 42.5 Å². The van der Waals surface area contributed by atoms with Crippen LogP contribution in [0.2, 0.25) is 0 Å². The van der Waals surface area contributed by atoms with Crippen LogP contribution in [0.5, 0.6) is 5.75 Å². The number of nitrogens with zero attached hydrogens (tertiary/aromatic N) is 1. The lowest BCUT2D eigenvalue weighted by Gasteiger charge is -2.30. The van der Waals surface area contributed by atoms with Crippen LogP contribution < -0.4 is 4.74 Å². The van der Waals surface area contributed by atoms with E-state index >= 15 is 0 Å². The van der Waals surface area contributed by atoms with E-state index < -0.39 is 0 Å². The summed E-state index contributed by atoms with van der Waals surface area (Å²) < 4.78 is 5.92. The van der Waals surface area contributed by atoms with Crippen molar-refractivity contribution in [1.29, 1.82) is 0 Å². The maximum atomic E-state index is 12.6. The summed E-state index contributed by atoms with van der Waals surface area (Å²) in [5.74, 6) is 0.811. The number of hydrogen-bond donors (Lipinski definition) is 0. The van der Waals surface area contributed by atoms with Gasteiger partial charge in [0.15, 0.2) is 5.78 Å². The lowest BCUT2D eigenvalue weighted by atomic mass is 10.1. The van der Waals surface area contributed by atoms with Crippen molar-refractivity contribution in [1.82, 2.24) is 4.90 Å². The number of rotatable bonds is 5. The Bertz CT molecular complexity index is 719. The molecule has 22 heavy (non-hydrogen) atoms. The highest BCUT2D eigenvalue weighted by Crippen LogP contribution is 2.40. The summed E-state index contributed by atoms with van der Waals surface area (Å²) in [4.78, 5) is 15.0. The van der Waals surface area contributed by atoms with E-state index in [1.165, 1.54) is 19.5 Å². The van der Waals surface area contributed by atoms with E-state index in [-0.39, 0.29) is 5.78 Å². The monoisotopic (exact) mass is 293 g/mol. The molecule has 0 aromatic heterocycles. The predicted octanol–water partition coefficient (Wildman–Crippen LogP) is 3.37. The van der Waals surface area contributed by atoms with Crippen molar-refractivity contribution in [3.05, 3.63) is 53.6 Å². The van der Waals surface area contributed by atoms with Gasteiger partial charge in [0, 0.05) is 12.1 Å². The van der Waals surface area contributed by atoms with Crippen molar-refractivity contribution < 1.29 is 9.53 Å². The van der Waals surface area contributed by atoms with E-state index in [0.717, 1.165) is 41.0 Å². The second-order valence-corrected chi connectivity index (χ2v) is 5.95. The molecule has 1 aliphatic heterocycles. The SMILES string of the molecule is O=C1c2ccccc2-c2cccc(OCCCN3CCC3)c21. The van der Waals surface area contributed by atoms with Crippen molar-refractivity contribution in [3.63, 3.8) is 0 Å². The minimum Gasteiger partial charge on any atom is -0.493 e. The van der Waals surface area contributed by atoms with Crippen LogP contribution in [0, 0.1) is 0 Å². The average molecular weight is 293 g/mol. The molecule has 0 spiro atoms. The molecule has 2 aromatic rings. The van der Waals surface area contributed by atoms with E-state index in [1.807, 2.05) is 42.5 Å². The molecule has 1 fully saturated rings. The minimum absolute atomic E-state index is 0.0870. The van der Waals surface area contributed by atoms with Gasteiger partial charge in [-0.15, -0.1) is 0 Å². The molecule has 0 unspecified atom stereocenters. The Balaban J connectivity index is 1.52. The molecule has 3 nitrogen and oxygen atoms in total. The minimum atomic E-state index is 0.0870. The fraction of sp³-hybridized carbons (Fsp3) is 0.316. The smallest absolute Gasteiger partial charge is 0.198 e. The summed E-state index contributed by atoms with van der Waals surface area (Å²) in [6, 6.07) is 13.7. The molecule has 0 amide bonds. The van der Waals surface area contributed by atoms with Gasteiger partial charge in [-0.2, -0.15) is 0 Å². The van der Waals surface area contributed by atoms with Crippen LogP contribution in [0.3, 0.4) is 0 Å². The highest BCUT2D eigenvalue weighted by molar-refractivity contribution is 6.23. The van der Waals surface area contributed by atoms with Crippen LogP contribution in [0.4, 0.5) is 0 Å². The van der Waals surface area contributed by atoms with Gasteiger partial charge in [-0.25, -0.2) is 0 Å². The van der Waals surface area contributed by atoms with Gasteiger partial charge >= 0.3 is 0 Å². The summed E-state index contributed by atoms with van der Waals surface area (Å²) in [7, 11) is 0. The van der Waals surface area contributed by atoms with E-state index in [0.29, 0.717) is 6.61 Å². The Kier molecular flexibility index (Phi) is 3.43. The lowest BCUT2D eigenvalue weighted by Crippen LogP contribution is -2.38. The summed E-state index contributed by atoms with van der Waals surface area (Å²) >= 11 is 0. The molecular weight excluding hydrogens is 274 g/mol. The number of benzene rings is 2. The zero-order valence-corrected chi connectivity index (χ0v) is 12.5. The molecule has 0 radical (unpaired) electrons. The highest BCUT2D eigenvalue weighted by Gasteiger charge is 2.29. The number of likely N-dealkylation sites (tertiary alicyclic amines) is 1. The lowest BCUT2D eigenvalue weighted by molar-refractivity contribution is 0.103. The van der Waals surface area contributed by atoms with Gasteiger partial charge in [0.2, 0.25) is 0 Å². The Morgan fingerprint density at radius 2 is 1.73 bits per heavy atom. The Morgan fingerprint density at radius 1 is 0.955 bits per heavy atom. The predicted molar refractivity (Wildman–Crippen MR) is 86.5 cm³/mol. The van der Waals surface area contributed by atoms with E-state index in [1.54, 1.807) is 0 Å². The summed E-state index contributed by atoms with van der Waals surface area (Å²) in [5.41, 5.74) is 3.54. The number of carbonyl (C=O) groups is 1. The van der Waals surface area contributed by atoms with Gasteiger partial charge < -0.3 is 9.64 Å². The first kappa shape index (κ1) is 13.5. The zero-order chi connectivity index (χ0) is 14.9. The van der Waals surface area contributed by atoms with Crippen molar-refractivity contribution in [2.75, 3.05) is 26.2 Å². The molecule has 0 N–H and O–H groups in total. The quantitative estimate of drug-likeness (QED) is 0.675. The zero-order valence-electron chi connectivity index (χ0n) is 12.5. The number of ether oxygens (including phenoxy) is 1. The third kappa shape index (κ3) is 2.22. The van der Waals surface area contributed by atoms with Gasteiger partial charge in [0.25, 0.3) is 0 Å². The van der Waals surface area contributed by atoms with Crippen molar-refractivity contribution >= 4 is 5.78 Å². The van der Waals surface area contributed by atoms with Gasteiger partial charge in [-0.05, 0) is 43.1 Å². The maximum Gasteiger partial charge on any atom is 0.198 e. The normalized spacial score (nSPS) is 16.1. The summed E-state index contributed by atoms with van der Waals surface area (Å²) in [6.07, 6.45) is 2.32. The molecule has 2 aliphatic rings. The second-order valence-electron chi connectivity index (χ2n) is 5.95. The number of hydrogen-bond acceptors (Lipinski definition) is 3. The highest BCUT2D eigenvalue weighted by atomic mass is 16.5. The number of fused-ring (bicyclic) bond motifs is 3. The van der Waals surface area contributed by atoms with E-state index in [2.05, 4.69) is 4.90 Å². The fourth-order valence-corrected chi connectivity index (χ4v) is 3.24. The molecule has 0 saturated carbocycles. The average Bonchev–Trinajstić information content (AvgIpc) is 2.80. The molecule has 0 atom stereocenters. The Morgan fingerprint density at radius 3 is 2.50 bits per heavy atom. The number of carbonyl (C=O) groups excluding carboxylic acids is 1. The van der Waals surface area contributed by atoms with Crippen LogP contribution >= 0.6 is 0 Å². The van der Waals surface area contributed by atoms with E-state index in [4.69, 9.17) is 4.74 Å². The third-order valence-electron chi connectivity index (χ3n) is 4.54. The maximum absolute atomic E-state index is 12.6. The van der Waals surface area contributed by atoms with Crippen LogP contribution in [-0.4, -0.2) is 36.9 Å². The summed E-state index contributed by atoms with van der Waals surface area (Å²) in [6.45, 7) is 4.18. The van der Waals surface area contributed by atoms with Crippen molar-refractivity contribution in [2.24, 2.45) is 0 Å². The van der Waals surface area contributed by atoms with Crippen LogP contribution in [0.25, 0.3) is 11.1 Å². The molecular formula is C19H19NO2. The van der Waals surface area contributed by atoms with Crippen molar-refractivity contribution in [2.45, 2.75) is 12.8 Å². The molecule has 1 saturated heterocycles. The molecule has 4 rings (SSSR count). The van der Waals surface area contributed by atoms with Gasteiger partial charge in [0.1, 0.15) is 5.75 Å². The summed E-state index contributed by atoms with van der Waals surface area (Å²) in [5, 5.41) is 0. The van der Waals surface area contributed by atoms with Gasteiger partial charge in [-0.1, -0.05) is 36.4 Å². The molecule has 1 aliphatic carbocycles. The first-order chi connectivity index (χ1) is 10.8. The first-order valence-electron chi connectivity index (χ1n) is 7.97. The molecule has 3 heteroatoms. The number of ketones is 1. The van der Waals surface area contributed by atoms with Crippen molar-refractivity contribution in [3.8, 4) is 16.9 Å². The topological polar surface area (TPSA) is 29.5 Å². The first-order valence-corrected chi connectivity index (χ1v) is 7.97. The Hall–Kier alpha value is -2.13. The van der Waals surface area contributed by atoms with Crippen LogP contribution in [0.1, 0.15) is 28.8 Å². The largest absolute Gasteiger partial charge is 0.493 e. The molecule has 1 heterocycles. The fourth-order valence-electron chi connectivity index (χ4n) is 3.24. The second kappa shape index (κ2) is 5.58. The molecule has 2 aromatic carbocycles. The standard InChI is InChI=1S/C19H19NO2/c21-19-16-7-2-1-6-14(16)15-8-3-9-17(18(15)19)22-13-5-12-20-10-4-11-20/h1-3,6-9H,4-5,10-13H2. The van der Waals surface area contributed by atoms with Gasteiger partial charge in [-0.3, -0.25) is 4.79 Å². The van der Waals surface area contributed by atoms with E-state index in [9.17, 15) is 4.79 Å². The molecule has 112 valence electrons. The van der Waals surface area contributed by atoms with Crippen LogP contribution in [-0.2, 0) is 0 Å². The van der Waals surface area contributed by atoms with Gasteiger partial charge in [0.05, 0.1) is 12.2 Å². The molecule has 0 bridgehead atoms.